The predicted octanol–water partition coefficient (Wildman–Crippen LogP) is 8.95. The average Bonchev–Trinajstić information content (AvgIpc) is 3.24. The molecule has 0 saturated heterocycles. The molecular formula is C28H45Hf-9. The molecule has 0 fully saturated rings. The molecule has 1 heteroatoms. The van der Waals surface area contributed by atoms with Crippen molar-refractivity contribution in [2.75, 3.05) is 0 Å². The van der Waals surface area contributed by atoms with Crippen LogP contribution >= 0.6 is 0 Å². The van der Waals surface area contributed by atoms with E-state index in [0.717, 1.165) is 0 Å². The topological polar surface area (TPSA) is 0 Å². The summed E-state index contributed by atoms with van der Waals surface area (Å²) in [5.41, 5.74) is 4.77. The Morgan fingerprint density at radius 2 is 1.41 bits per heavy atom. The molecule has 0 atom stereocenters. The molecule has 0 unspecified atom stereocenters. The van der Waals surface area contributed by atoms with Crippen molar-refractivity contribution >= 4 is 10.8 Å². The molecule has 29 heavy (non-hydrogen) atoms. The summed E-state index contributed by atoms with van der Waals surface area (Å²) in [4.78, 5) is 0. The summed E-state index contributed by atoms with van der Waals surface area (Å²) in [5.74, 6) is 0. The van der Waals surface area contributed by atoms with Gasteiger partial charge >= 0.3 is 0 Å². The first-order valence-electron chi connectivity index (χ1n) is 8.25. The van der Waals surface area contributed by atoms with E-state index in [9.17, 15) is 0 Å². The molecular weight excluding hydrogens is 515 g/mol. The van der Waals surface area contributed by atoms with Crippen LogP contribution in [-0.4, -0.2) is 0 Å². The molecule has 0 aromatic heterocycles. The average molecular weight is 560 g/mol. The van der Waals surface area contributed by atoms with Crippen molar-refractivity contribution in [1.29, 1.82) is 0 Å². The maximum absolute atomic E-state index is 2.46. The van der Waals surface area contributed by atoms with E-state index in [1.54, 1.807) is 16.7 Å². The molecule has 0 nitrogen and oxygen atoms in total. The Balaban J connectivity index is -0.0000000916. The molecule has 170 valence electrons. The Labute approximate surface area is 204 Å². The Hall–Kier alpha value is -0.950. The molecule has 0 bridgehead atoms. The van der Waals surface area contributed by atoms with Crippen molar-refractivity contribution in [1.82, 2.24) is 0 Å². The summed E-state index contributed by atoms with van der Waals surface area (Å²) in [7, 11) is 0. The van der Waals surface area contributed by atoms with E-state index in [-0.39, 0.29) is 77.8 Å². The van der Waals surface area contributed by atoms with Crippen LogP contribution in [0.4, 0.5) is 0 Å². The second-order valence-electron chi connectivity index (χ2n) is 5.99. The first kappa shape index (κ1) is 42.2. The summed E-state index contributed by atoms with van der Waals surface area (Å²) in [6.07, 6.45) is 7.79. The molecule has 0 spiro atoms. The molecule has 0 aliphatic heterocycles. The Bertz CT molecular complexity index is 657. The third kappa shape index (κ3) is 11.1. The minimum atomic E-state index is 0. The minimum absolute atomic E-state index is 0. The van der Waals surface area contributed by atoms with Crippen LogP contribution in [0.5, 0.6) is 0 Å². The van der Waals surface area contributed by atoms with Crippen molar-refractivity contribution in [3.63, 3.8) is 0 Å². The molecule has 0 radical (unpaired) electrons. The summed E-state index contributed by atoms with van der Waals surface area (Å²) in [6.45, 7) is 2.27. The smallest absolute Gasteiger partial charge is 0 e. The van der Waals surface area contributed by atoms with Crippen LogP contribution in [0.25, 0.3) is 10.8 Å². The van der Waals surface area contributed by atoms with Crippen LogP contribution in [0.1, 0.15) is 42.9 Å². The van der Waals surface area contributed by atoms with Gasteiger partial charge in [0.15, 0.2) is 0 Å². The maximum atomic E-state index is 2.46. The van der Waals surface area contributed by atoms with Gasteiger partial charge in [0.1, 0.15) is 0 Å². The number of fused-ring (bicyclic) bond motifs is 2. The van der Waals surface area contributed by atoms with E-state index in [4.69, 9.17) is 0 Å². The minimum Gasteiger partial charge on any atom is -0.358 e. The number of rotatable bonds is 3. The van der Waals surface area contributed by atoms with Crippen LogP contribution in [0, 0.1) is 52.0 Å². The molecule has 4 rings (SSSR count). The zero-order valence-corrected chi connectivity index (χ0v) is 24.0. The van der Waals surface area contributed by atoms with Gasteiger partial charge in [-0.05, 0) is 19.3 Å². The molecule has 3 aromatic rings. The summed E-state index contributed by atoms with van der Waals surface area (Å²) < 4.78 is 0. The van der Waals surface area contributed by atoms with Gasteiger partial charge in [0.25, 0.3) is 0 Å². The van der Waals surface area contributed by atoms with Crippen LogP contribution in [0.15, 0.2) is 54.6 Å². The SMILES string of the molecule is CCCC[c-]1ccc2cc3c(cc21)CCC3.[CH3-].[CH3-].[CH3-].[CH3-].[CH3-].[CH3-].[CH3-].[Hf].c1cc[cH-]c1. The molecule has 1 aliphatic rings. The molecule has 3 aromatic carbocycles. The zero-order valence-electron chi connectivity index (χ0n) is 20.4. The standard InChI is InChI=1S/C16H19.C5H5.7CH3.Hf/c1-2-3-5-12-8-9-15-10-13-6-4-7-14(13)11-16(12)15;1-2-4-5-3-1;;;;;;;;/h8-11H,2-7H2,1H3;1-5H;7*1H3;/q9*-1;. The fourth-order valence-electron chi connectivity index (χ4n) is 3.25. The van der Waals surface area contributed by atoms with E-state index >= 15 is 0 Å². The molecule has 0 amide bonds. The second-order valence-corrected chi connectivity index (χ2v) is 5.99. The number of aryl methyl sites for hydroxylation is 3. The molecule has 1 aliphatic carbocycles. The third-order valence-electron chi connectivity index (χ3n) is 4.43. The normalized spacial score (nSPS) is 9.41. The largest absolute Gasteiger partial charge is 0.358 e. The Morgan fingerprint density at radius 3 is 1.90 bits per heavy atom. The monoisotopic (exact) mass is 561 g/mol. The first-order valence-corrected chi connectivity index (χ1v) is 8.25. The van der Waals surface area contributed by atoms with Crippen LogP contribution in [0.2, 0.25) is 0 Å². The van der Waals surface area contributed by atoms with Crippen molar-refractivity contribution in [3.8, 4) is 0 Å². The van der Waals surface area contributed by atoms with E-state index in [1.165, 1.54) is 49.3 Å². The zero-order chi connectivity index (χ0) is 14.5. The summed E-state index contributed by atoms with van der Waals surface area (Å²) in [5, 5.41) is 2.99. The van der Waals surface area contributed by atoms with Gasteiger partial charge in [-0.2, -0.15) is 24.3 Å². The van der Waals surface area contributed by atoms with Crippen molar-refractivity contribution in [3.05, 3.63) is 123 Å². The summed E-state index contributed by atoms with van der Waals surface area (Å²) >= 11 is 0. The molecule has 0 N–H and O–H groups in total. The summed E-state index contributed by atoms with van der Waals surface area (Å²) in [6, 6.07) is 19.5. The maximum Gasteiger partial charge on any atom is 0 e. The van der Waals surface area contributed by atoms with Gasteiger partial charge in [0, 0.05) is 25.8 Å². The van der Waals surface area contributed by atoms with E-state index in [1.807, 2.05) is 30.3 Å². The van der Waals surface area contributed by atoms with Crippen molar-refractivity contribution < 1.29 is 25.8 Å². The van der Waals surface area contributed by atoms with Gasteiger partial charge in [-0.3, -0.25) is 0 Å². The quantitative estimate of drug-likeness (QED) is 0.222. The number of unbranched alkanes of at least 4 members (excludes halogenated alkanes) is 1. The predicted molar refractivity (Wildman–Crippen MR) is 137 cm³/mol. The van der Waals surface area contributed by atoms with Gasteiger partial charge in [0.05, 0.1) is 0 Å². The van der Waals surface area contributed by atoms with Gasteiger partial charge in [0.2, 0.25) is 0 Å². The Kier molecular flexibility index (Phi) is 31.7. The van der Waals surface area contributed by atoms with Crippen LogP contribution in [0.3, 0.4) is 0 Å². The van der Waals surface area contributed by atoms with Crippen molar-refractivity contribution in [2.45, 2.75) is 45.4 Å². The second kappa shape index (κ2) is 21.8. The van der Waals surface area contributed by atoms with Crippen LogP contribution < -0.4 is 0 Å². The van der Waals surface area contributed by atoms with Gasteiger partial charge < -0.3 is 52.0 Å². The third-order valence-corrected chi connectivity index (χ3v) is 4.43. The fourth-order valence-corrected chi connectivity index (χ4v) is 3.25. The van der Waals surface area contributed by atoms with E-state index in [2.05, 4.69) is 31.2 Å². The van der Waals surface area contributed by atoms with Gasteiger partial charge in [-0.15, -0.1) is 34.5 Å². The van der Waals surface area contributed by atoms with Gasteiger partial charge in [-0.25, -0.2) is 12.1 Å². The van der Waals surface area contributed by atoms with Gasteiger partial charge in [-0.1, -0.05) is 37.3 Å². The van der Waals surface area contributed by atoms with Crippen molar-refractivity contribution in [2.24, 2.45) is 0 Å². The Morgan fingerprint density at radius 1 is 0.862 bits per heavy atom. The molecule has 0 heterocycles. The fraction of sp³-hybridized carbons (Fsp3) is 0.250. The number of hydrogen-bond acceptors (Lipinski definition) is 0. The van der Waals surface area contributed by atoms with E-state index < -0.39 is 0 Å². The molecule has 0 saturated carbocycles. The number of benzene rings is 1. The van der Waals surface area contributed by atoms with E-state index in [0.29, 0.717) is 0 Å². The number of hydrogen-bond donors (Lipinski definition) is 0. The van der Waals surface area contributed by atoms with Crippen LogP contribution in [-0.2, 0) is 45.1 Å². The first-order chi connectivity index (χ1) is 10.4.